The number of nitrogens with one attached hydrogen (secondary N) is 1. The minimum absolute atomic E-state index is 0.0266. The second-order valence-corrected chi connectivity index (χ2v) is 8.04. The number of nitrogens with zero attached hydrogens (tertiary/aromatic N) is 4. The lowest BCUT2D eigenvalue weighted by Crippen LogP contribution is -2.52. The molecule has 1 aliphatic heterocycles. The van der Waals surface area contributed by atoms with Crippen LogP contribution in [0.15, 0.2) is 36.7 Å². The van der Waals surface area contributed by atoms with Crippen molar-refractivity contribution in [3.63, 3.8) is 0 Å². The maximum atomic E-state index is 12.5. The van der Waals surface area contributed by atoms with E-state index in [-0.39, 0.29) is 18.2 Å². The number of aromatic nitrogens is 2. The molecular weight excluding hydrogens is 354 g/mol. The zero-order valence-electron chi connectivity index (χ0n) is 17.1. The van der Waals surface area contributed by atoms with Gasteiger partial charge in [-0.25, -0.2) is 14.8 Å². The molecule has 150 valence electrons. The molecule has 7 nitrogen and oxygen atoms in total. The average Bonchev–Trinajstić information content (AvgIpc) is 2.69. The molecule has 1 N–H and O–H groups in total. The van der Waals surface area contributed by atoms with E-state index in [2.05, 4.69) is 53.9 Å². The summed E-state index contributed by atoms with van der Waals surface area (Å²) in [6.45, 7) is 11.4. The molecule has 2 aromatic rings. The van der Waals surface area contributed by atoms with Crippen LogP contribution in [0.1, 0.15) is 31.9 Å². The SMILES string of the molecule is Cc1ccc(OCNC(=O)N2CCN(c3ncccn3)CC2)c(C(C)(C)C)c1. The van der Waals surface area contributed by atoms with Crippen LogP contribution < -0.4 is 15.0 Å². The fraction of sp³-hybridized carbons (Fsp3) is 0.476. The molecule has 0 saturated carbocycles. The Bertz CT molecular complexity index is 796. The summed E-state index contributed by atoms with van der Waals surface area (Å²) in [5.41, 5.74) is 2.31. The van der Waals surface area contributed by atoms with Gasteiger partial charge >= 0.3 is 6.03 Å². The third kappa shape index (κ3) is 4.91. The Kier molecular flexibility index (Phi) is 6.02. The van der Waals surface area contributed by atoms with Crippen LogP contribution in [0, 0.1) is 6.92 Å². The predicted octanol–water partition coefficient (Wildman–Crippen LogP) is 2.95. The summed E-state index contributed by atoms with van der Waals surface area (Å²) in [5.74, 6) is 1.52. The molecule has 1 aromatic heterocycles. The van der Waals surface area contributed by atoms with Crippen molar-refractivity contribution in [2.75, 3.05) is 37.8 Å². The van der Waals surface area contributed by atoms with Gasteiger partial charge in [0, 0.05) is 38.6 Å². The van der Waals surface area contributed by atoms with E-state index in [0.717, 1.165) is 11.3 Å². The molecular formula is C21H29N5O2. The third-order valence-corrected chi connectivity index (χ3v) is 4.80. The highest BCUT2D eigenvalue weighted by molar-refractivity contribution is 5.74. The Morgan fingerprint density at radius 3 is 2.46 bits per heavy atom. The Balaban J connectivity index is 1.49. The van der Waals surface area contributed by atoms with Crippen LogP contribution in [0.4, 0.5) is 10.7 Å². The number of carbonyl (C=O) groups is 1. The highest BCUT2D eigenvalue weighted by Gasteiger charge is 2.23. The molecule has 7 heteroatoms. The summed E-state index contributed by atoms with van der Waals surface area (Å²) in [6.07, 6.45) is 3.46. The van der Waals surface area contributed by atoms with Crippen molar-refractivity contribution in [2.45, 2.75) is 33.1 Å². The molecule has 0 radical (unpaired) electrons. The van der Waals surface area contributed by atoms with E-state index in [9.17, 15) is 4.79 Å². The van der Waals surface area contributed by atoms with E-state index >= 15 is 0 Å². The van der Waals surface area contributed by atoms with Crippen LogP contribution in [0.2, 0.25) is 0 Å². The van der Waals surface area contributed by atoms with Gasteiger partial charge in [0.15, 0.2) is 6.73 Å². The summed E-state index contributed by atoms with van der Waals surface area (Å²) in [5, 5.41) is 2.86. The molecule has 0 unspecified atom stereocenters. The number of rotatable bonds is 4. The Morgan fingerprint density at radius 2 is 1.82 bits per heavy atom. The molecule has 1 aromatic carbocycles. The molecule has 0 spiro atoms. The number of piperazine rings is 1. The first-order chi connectivity index (χ1) is 13.3. The summed E-state index contributed by atoms with van der Waals surface area (Å²) < 4.78 is 5.88. The molecule has 1 saturated heterocycles. The first kappa shape index (κ1) is 19.9. The van der Waals surface area contributed by atoms with Crippen molar-refractivity contribution in [2.24, 2.45) is 0 Å². The van der Waals surface area contributed by atoms with Crippen LogP contribution >= 0.6 is 0 Å². The number of carbonyl (C=O) groups excluding carboxylic acids is 1. The monoisotopic (exact) mass is 383 g/mol. The Morgan fingerprint density at radius 1 is 1.14 bits per heavy atom. The van der Waals surface area contributed by atoms with Crippen LogP contribution in [-0.4, -0.2) is 53.8 Å². The van der Waals surface area contributed by atoms with Crippen molar-refractivity contribution < 1.29 is 9.53 Å². The number of hydrogen-bond donors (Lipinski definition) is 1. The van der Waals surface area contributed by atoms with Crippen molar-refractivity contribution >= 4 is 12.0 Å². The summed E-state index contributed by atoms with van der Waals surface area (Å²) in [7, 11) is 0. The lowest BCUT2D eigenvalue weighted by atomic mass is 9.85. The smallest absolute Gasteiger partial charge is 0.320 e. The van der Waals surface area contributed by atoms with E-state index in [1.165, 1.54) is 5.56 Å². The quantitative estimate of drug-likeness (QED) is 0.822. The highest BCUT2D eigenvalue weighted by Crippen LogP contribution is 2.32. The number of anilines is 1. The van der Waals surface area contributed by atoms with Crippen molar-refractivity contribution in [1.82, 2.24) is 20.2 Å². The molecule has 3 rings (SSSR count). The maximum Gasteiger partial charge on any atom is 0.320 e. The van der Waals surface area contributed by atoms with Crippen LogP contribution in [-0.2, 0) is 5.41 Å². The minimum atomic E-state index is -0.113. The van der Waals surface area contributed by atoms with Crippen LogP contribution in [0.5, 0.6) is 5.75 Å². The topological polar surface area (TPSA) is 70.6 Å². The van der Waals surface area contributed by atoms with Crippen LogP contribution in [0.3, 0.4) is 0 Å². The largest absolute Gasteiger partial charge is 0.473 e. The molecule has 0 aliphatic carbocycles. The number of ether oxygens (including phenoxy) is 1. The van der Waals surface area contributed by atoms with Gasteiger partial charge in [0.1, 0.15) is 5.75 Å². The second-order valence-electron chi connectivity index (χ2n) is 8.04. The second kappa shape index (κ2) is 8.46. The first-order valence-electron chi connectivity index (χ1n) is 9.63. The van der Waals surface area contributed by atoms with Crippen molar-refractivity contribution in [1.29, 1.82) is 0 Å². The Labute approximate surface area is 166 Å². The van der Waals surface area contributed by atoms with Crippen molar-refractivity contribution in [3.05, 3.63) is 47.8 Å². The van der Waals surface area contributed by atoms with E-state index in [4.69, 9.17) is 4.74 Å². The zero-order valence-corrected chi connectivity index (χ0v) is 17.1. The van der Waals surface area contributed by atoms with E-state index in [1.807, 2.05) is 12.1 Å². The van der Waals surface area contributed by atoms with E-state index < -0.39 is 0 Å². The fourth-order valence-corrected chi connectivity index (χ4v) is 3.21. The van der Waals surface area contributed by atoms with Gasteiger partial charge in [-0.2, -0.15) is 0 Å². The zero-order chi connectivity index (χ0) is 20.1. The molecule has 2 heterocycles. The van der Waals surface area contributed by atoms with Gasteiger partial charge < -0.3 is 19.9 Å². The number of amides is 2. The highest BCUT2D eigenvalue weighted by atomic mass is 16.5. The van der Waals surface area contributed by atoms with Gasteiger partial charge in [-0.15, -0.1) is 0 Å². The van der Waals surface area contributed by atoms with Crippen molar-refractivity contribution in [3.8, 4) is 5.75 Å². The van der Waals surface area contributed by atoms with Gasteiger partial charge in [-0.1, -0.05) is 38.5 Å². The van der Waals surface area contributed by atoms with Gasteiger partial charge in [-0.3, -0.25) is 0 Å². The van der Waals surface area contributed by atoms with E-state index in [1.54, 1.807) is 23.4 Å². The number of benzene rings is 1. The Hall–Kier alpha value is -2.83. The first-order valence-corrected chi connectivity index (χ1v) is 9.63. The standard InChI is InChI=1S/C21H29N5O2/c1-16-6-7-18(17(14-16)21(2,3)4)28-15-24-20(27)26-12-10-25(11-13-26)19-22-8-5-9-23-19/h5-9,14H,10-13,15H2,1-4H3,(H,24,27). The molecule has 28 heavy (non-hydrogen) atoms. The minimum Gasteiger partial charge on any atom is -0.473 e. The molecule has 2 amide bonds. The fourth-order valence-electron chi connectivity index (χ4n) is 3.21. The molecule has 0 atom stereocenters. The van der Waals surface area contributed by atoms with Crippen LogP contribution in [0.25, 0.3) is 0 Å². The summed E-state index contributed by atoms with van der Waals surface area (Å²) in [6, 6.07) is 7.82. The molecule has 0 bridgehead atoms. The van der Waals surface area contributed by atoms with Gasteiger partial charge in [0.2, 0.25) is 5.95 Å². The van der Waals surface area contributed by atoms with Gasteiger partial charge in [-0.05, 0) is 30.0 Å². The number of urea groups is 1. The average molecular weight is 383 g/mol. The number of hydrogen-bond acceptors (Lipinski definition) is 5. The number of aryl methyl sites for hydroxylation is 1. The summed E-state index contributed by atoms with van der Waals surface area (Å²) in [4.78, 5) is 24.9. The summed E-state index contributed by atoms with van der Waals surface area (Å²) >= 11 is 0. The lowest BCUT2D eigenvalue weighted by molar-refractivity contribution is 0.180. The molecule has 1 fully saturated rings. The third-order valence-electron chi connectivity index (χ3n) is 4.80. The van der Waals surface area contributed by atoms with Gasteiger partial charge in [0.25, 0.3) is 0 Å². The normalized spacial score (nSPS) is 14.7. The van der Waals surface area contributed by atoms with Gasteiger partial charge in [0.05, 0.1) is 0 Å². The lowest BCUT2D eigenvalue weighted by Gasteiger charge is -2.34. The predicted molar refractivity (Wildman–Crippen MR) is 110 cm³/mol. The van der Waals surface area contributed by atoms with E-state index in [0.29, 0.717) is 32.1 Å². The molecule has 1 aliphatic rings. The maximum absolute atomic E-state index is 12.5.